The zero-order valence-electron chi connectivity index (χ0n) is 10.4. The van der Waals surface area contributed by atoms with E-state index in [0.29, 0.717) is 12.8 Å². The highest BCUT2D eigenvalue weighted by Gasteiger charge is 2.30. The first-order valence-electron chi connectivity index (χ1n) is 5.97. The van der Waals surface area contributed by atoms with Crippen LogP contribution in [0.4, 0.5) is 13.2 Å². The van der Waals surface area contributed by atoms with Crippen LogP contribution in [0, 0.1) is 0 Å². The number of benzene rings is 1. The Kier molecular flexibility index (Phi) is 4.67. The number of hydrogen-bond donors (Lipinski definition) is 1. The van der Waals surface area contributed by atoms with Crippen molar-refractivity contribution in [3.63, 3.8) is 0 Å². The molecular formula is C14H13F3O2S. The maximum absolute atomic E-state index is 12.0. The monoisotopic (exact) mass is 302 g/mol. The second-order valence-electron chi connectivity index (χ2n) is 4.33. The van der Waals surface area contributed by atoms with Crippen LogP contribution in [0.5, 0.6) is 5.75 Å². The first-order chi connectivity index (χ1) is 9.42. The van der Waals surface area contributed by atoms with Crippen LogP contribution in [0.25, 0.3) is 0 Å². The Balaban J connectivity index is 1.90. The zero-order chi connectivity index (χ0) is 14.6. The number of aliphatic hydroxyl groups is 1. The maximum atomic E-state index is 12.0. The summed E-state index contributed by atoms with van der Waals surface area (Å²) >= 11 is 1.57. The summed E-state index contributed by atoms with van der Waals surface area (Å²) in [5.74, 6) is -0.256. The Morgan fingerprint density at radius 3 is 2.35 bits per heavy atom. The van der Waals surface area contributed by atoms with Crippen LogP contribution in [0.3, 0.4) is 0 Å². The lowest BCUT2D eigenvalue weighted by atomic mass is 10.1. The van der Waals surface area contributed by atoms with Crippen LogP contribution < -0.4 is 4.74 Å². The van der Waals surface area contributed by atoms with Crippen LogP contribution >= 0.6 is 11.3 Å². The molecule has 0 amide bonds. The lowest BCUT2D eigenvalue weighted by molar-refractivity contribution is -0.274. The molecule has 1 aromatic carbocycles. The molecule has 0 radical (unpaired) electrons. The molecule has 0 aliphatic rings. The summed E-state index contributed by atoms with van der Waals surface area (Å²) in [4.78, 5) is 1.08. The van der Waals surface area contributed by atoms with Crippen LogP contribution in [0.1, 0.15) is 10.4 Å². The number of thiophene rings is 1. The third-order valence-corrected chi connectivity index (χ3v) is 3.54. The van der Waals surface area contributed by atoms with Gasteiger partial charge in [-0.15, -0.1) is 24.5 Å². The quantitative estimate of drug-likeness (QED) is 0.910. The summed E-state index contributed by atoms with van der Waals surface area (Å²) in [6.45, 7) is 0. The Hall–Kier alpha value is -1.53. The molecule has 20 heavy (non-hydrogen) atoms. The van der Waals surface area contributed by atoms with Crippen molar-refractivity contribution < 1.29 is 23.0 Å². The normalized spacial score (nSPS) is 13.2. The molecule has 1 unspecified atom stereocenters. The third kappa shape index (κ3) is 4.86. The van der Waals surface area contributed by atoms with Gasteiger partial charge in [0.1, 0.15) is 5.75 Å². The Bertz CT molecular complexity index is 520. The highest BCUT2D eigenvalue weighted by Crippen LogP contribution is 2.23. The van der Waals surface area contributed by atoms with Crippen molar-refractivity contribution in [3.8, 4) is 5.75 Å². The number of rotatable bonds is 5. The van der Waals surface area contributed by atoms with E-state index in [1.165, 1.54) is 24.3 Å². The average Bonchev–Trinajstić information content (AvgIpc) is 2.82. The van der Waals surface area contributed by atoms with E-state index in [1.54, 1.807) is 11.3 Å². The fraction of sp³-hybridized carbons (Fsp3) is 0.286. The van der Waals surface area contributed by atoms with Gasteiger partial charge in [0.25, 0.3) is 0 Å². The minimum Gasteiger partial charge on any atom is -0.406 e. The lowest BCUT2D eigenvalue weighted by Crippen LogP contribution is -2.17. The molecule has 1 atom stereocenters. The predicted molar refractivity (Wildman–Crippen MR) is 70.9 cm³/mol. The van der Waals surface area contributed by atoms with Gasteiger partial charge in [0.15, 0.2) is 0 Å². The van der Waals surface area contributed by atoms with Gasteiger partial charge in [-0.1, -0.05) is 18.2 Å². The maximum Gasteiger partial charge on any atom is 0.573 e. The van der Waals surface area contributed by atoms with Crippen molar-refractivity contribution in [3.05, 3.63) is 52.2 Å². The summed E-state index contributed by atoms with van der Waals surface area (Å²) in [6.07, 6.45) is -4.30. The van der Waals surface area contributed by atoms with E-state index in [1.807, 2.05) is 17.5 Å². The number of halogens is 3. The molecule has 1 aromatic heterocycles. The molecule has 0 aliphatic heterocycles. The molecule has 108 valence electrons. The molecule has 1 N–H and O–H groups in total. The molecule has 0 bridgehead atoms. The van der Waals surface area contributed by atoms with E-state index in [9.17, 15) is 18.3 Å². The predicted octanol–water partition coefficient (Wildman–Crippen LogP) is 3.79. The molecule has 2 aromatic rings. The molecule has 0 spiro atoms. The van der Waals surface area contributed by atoms with Gasteiger partial charge in [0.05, 0.1) is 6.10 Å². The van der Waals surface area contributed by atoms with Gasteiger partial charge in [-0.2, -0.15) is 0 Å². The largest absolute Gasteiger partial charge is 0.573 e. The average molecular weight is 302 g/mol. The highest BCUT2D eigenvalue weighted by atomic mass is 32.1. The smallest absolute Gasteiger partial charge is 0.406 e. The lowest BCUT2D eigenvalue weighted by Gasteiger charge is -2.11. The second kappa shape index (κ2) is 6.28. The fourth-order valence-corrected chi connectivity index (χ4v) is 2.61. The summed E-state index contributed by atoms with van der Waals surface area (Å²) in [5.41, 5.74) is 0.767. The first kappa shape index (κ1) is 14.9. The molecule has 0 fully saturated rings. The van der Waals surface area contributed by atoms with Crippen molar-refractivity contribution in [2.75, 3.05) is 0 Å². The van der Waals surface area contributed by atoms with Gasteiger partial charge in [-0.3, -0.25) is 0 Å². The molecule has 2 rings (SSSR count). The molecular weight excluding hydrogens is 289 g/mol. The minimum atomic E-state index is -4.68. The molecule has 2 nitrogen and oxygen atoms in total. The molecule has 0 saturated heterocycles. The van der Waals surface area contributed by atoms with Gasteiger partial charge in [0.2, 0.25) is 0 Å². The SMILES string of the molecule is OC(Cc1ccc(OC(F)(F)F)cc1)Cc1cccs1. The molecule has 6 heteroatoms. The first-order valence-corrected chi connectivity index (χ1v) is 6.85. The zero-order valence-corrected chi connectivity index (χ0v) is 11.2. The number of alkyl halides is 3. The third-order valence-electron chi connectivity index (χ3n) is 2.65. The van der Waals surface area contributed by atoms with Gasteiger partial charge < -0.3 is 9.84 Å². The van der Waals surface area contributed by atoms with Crippen LogP contribution in [0.15, 0.2) is 41.8 Å². The number of aliphatic hydroxyl groups excluding tert-OH is 1. The van der Waals surface area contributed by atoms with Gasteiger partial charge in [-0.05, 0) is 35.6 Å². The van der Waals surface area contributed by atoms with Crippen LogP contribution in [0.2, 0.25) is 0 Å². The van der Waals surface area contributed by atoms with Crippen LogP contribution in [-0.2, 0) is 12.8 Å². The Morgan fingerprint density at radius 2 is 1.80 bits per heavy atom. The summed E-state index contributed by atoms with van der Waals surface area (Å²) in [6, 6.07) is 9.41. The fourth-order valence-electron chi connectivity index (χ4n) is 1.83. The van der Waals surface area contributed by atoms with Gasteiger partial charge in [-0.25, -0.2) is 0 Å². The number of hydrogen-bond acceptors (Lipinski definition) is 3. The van der Waals surface area contributed by atoms with Gasteiger partial charge >= 0.3 is 6.36 Å². The van der Waals surface area contributed by atoms with Crippen molar-refractivity contribution in [1.29, 1.82) is 0 Å². The van der Waals surface area contributed by atoms with Crippen molar-refractivity contribution in [1.82, 2.24) is 0 Å². The van der Waals surface area contributed by atoms with Gasteiger partial charge in [0, 0.05) is 11.3 Å². The van der Waals surface area contributed by atoms with E-state index in [-0.39, 0.29) is 5.75 Å². The highest BCUT2D eigenvalue weighted by molar-refractivity contribution is 7.09. The second-order valence-corrected chi connectivity index (χ2v) is 5.37. The topological polar surface area (TPSA) is 29.5 Å². The summed E-state index contributed by atoms with van der Waals surface area (Å²) in [7, 11) is 0. The van der Waals surface area contributed by atoms with E-state index in [0.717, 1.165) is 10.4 Å². The van der Waals surface area contributed by atoms with E-state index in [2.05, 4.69) is 4.74 Å². The summed E-state index contributed by atoms with van der Waals surface area (Å²) in [5, 5.41) is 11.9. The van der Waals surface area contributed by atoms with Crippen molar-refractivity contribution in [2.24, 2.45) is 0 Å². The Morgan fingerprint density at radius 1 is 1.10 bits per heavy atom. The van der Waals surface area contributed by atoms with Crippen LogP contribution in [-0.4, -0.2) is 17.6 Å². The van der Waals surface area contributed by atoms with Crippen molar-refractivity contribution in [2.45, 2.75) is 25.3 Å². The van der Waals surface area contributed by atoms with E-state index >= 15 is 0 Å². The van der Waals surface area contributed by atoms with E-state index in [4.69, 9.17) is 0 Å². The van der Waals surface area contributed by atoms with E-state index < -0.39 is 12.5 Å². The van der Waals surface area contributed by atoms with Crippen molar-refractivity contribution >= 4 is 11.3 Å². The standard InChI is InChI=1S/C14H13F3O2S/c15-14(16,17)19-12-5-3-10(4-6-12)8-11(18)9-13-2-1-7-20-13/h1-7,11,18H,8-9H2. The summed E-state index contributed by atoms with van der Waals surface area (Å²) < 4.78 is 39.8. The number of ether oxygens (including phenoxy) is 1. The molecule has 0 aliphatic carbocycles. The molecule has 1 heterocycles. The Labute approximate surface area is 118 Å². The minimum absolute atomic E-state index is 0.256. The molecule has 0 saturated carbocycles.